The van der Waals surface area contributed by atoms with Gasteiger partial charge in [0.05, 0.1) is 12.7 Å². The van der Waals surface area contributed by atoms with Gasteiger partial charge < -0.3 is 4.74 Å². The molecule has 1 unspecified atom stereocenters. The van der Waals surface area contributed by atoms with Crippen LogP contribution in [0.1, 0.15) is 26.7 Å². The molecule has 1 rings (SSSR count). The Labute approximate surface area is 67.5 Å². The Balaban J connectivity index is 2.01. The van der Waals surface area contributed by atoms with Gasteiger partial charge in [-0.2, -0.15) is 11.8 Å². The second-order valence-electron chi connectivity index (χ2n) is 3.02. The number of hydrogen-bond acceptors (Lipinski definition) is 2. The third kappa shape index (κ3) is 2.93. The maximum atomic E-state index is 5.50. The second-order valence-corrected chi connectivity index (χ2v) is 4.43. The Morgan fingerprint density at radius 2 is 2.40 bits per heavy atom. The average Bonchev–Trinajstić information content (AvgIpc) is 2.34. The summed E-state index contributed by atoms with van der Waals surface area (Å²) in [6.45, 7) is 5.15. The summed E-state index contributed by atoms with van der Waals surface area (Å²) in [6.07, 6.45) is 3.15. The van der Waals surface area contributed by atoms with Crippen LogP contribution in [0.4, 0.5) is 0 Å². The summed E-state index contributed by atoms with van der Waals surface area (Å²) in [5, 5.41) is 0.794. The van der Waals surface area contributed by atoms with Crippen molar-refractivity contribution in [2.24, 2.45) is 0 Å². The molecule has 0 aliphatic carbocycles. The van der Waals surface area contributed by atoms with Crippen molar-refractivity contribution in [3.8, 4) is 0 Å². The quantitative estimate of drug-likeness (QED) is 0.626. The first-order valence-electron chi connectivity index (χ1n) is 4.02. The fourth-order valence-corrected chi connectivity index (χ4v) is 2.25. The van der Waals surface area contributed by atoms with Crippen molar-refractivity contribution in [2.75, 3.05) is 12.4 Å². The summed E-state index contributed by atoms with van der Waals surface area (Å²) in [7, 11) is 0. The normalized spacial score (nSPS) is 26.1. The van der Waals surface area contributed by atoms with Crippen LogP contribution in [0.5, 0.6) is 0 Å². The maximum absolute atomic E-state index is 5.50. The average molecular weight is 160 g/mol. The van der Waals surface area contributed by atoms with Crippen LogP contribution in [0.15, 0.2) is 0 Å². The molecule has 1 saturated heterocycles. The first-order chi connectivity index (χ1) is 4.79. The highest BCUT2D eigenvalue weighted by atomic mass is 32.2. The molecule has 0 N–H and O–H groups in total. The predicted molar refractivity (Wildman–Crippen MR) is 46.6 cm³/mol. The van der Waals surface area contributed by atoms with Crippen molar-refractivity contribution in [1.29, 1.82) is 0 Å². The van der Waals surface area contributed by atoms with Crippen LogP contribution in [0.3, 0.4) is 0 Å². The molecule has 1 atom stereocenters. The number of hydrogen-bond donors (Lipinski definition) is 0. The van der Waals surface area contributed by atoms with Crippen LogP contribution < -0.4 is 0 Å². The van der Waals surface area contributed by atoms with Crippen molar-refractivity contribution in [3.05, 3.63) is 0 Å². The lowest BCUT2D eigenvalue weighted by Crippen LogP contribution is -2.12. The zero-order valence-electron chi connectivity index (χ0n) is 6.80. The number of thioether (sulfide) groups is 1. The molecular weight excluding hydrogens is 144 g/mol. The monoisotopic (exact) mass is 160 g/mol. The summed E-state index contributed by atoms with van der Waals surface area (Å²) in [4.78, 5) is 0. The third-order valence-corrected chi connectivity index (χ3v) is 3.01. The molecule has 0 amide bonds. The van der Waals surface area contributed by atoms with Gasteiger partial charge in [0.2, 0.25) is 0 Å². The predicted octanol–water partition coefficient (Wildman–Crippen LogP) is 2.31. The Kier molecular flexibility index (Phi) is 3.57. The van der Waals surface area contributed by atoms with Crippen LogP contribution >= 0.6 is 11.8 Å². The van der Waals surface area contributed by atoms with E-state index in [0.29, 0.717) is 6.10 Å². The topological polar surface area (TPSA) is 9.23 Å². The molecule has 60 valence electrons. The summed E-state index contributed by atoms with van der Waals surface area (Å²) in [6, 6.07) is 0. The van der Waals surface area contributed by atoms with Crippen molar-refractivity contribution in [3.63, 3.8) is 0 Å². The van der Waals surface area contributed by atoms with E-state index in [1.165, 1.54) is 18.6 Å². The van der Waals surface area contributed by atoms with E-state index in [0.717, 1.165) is 11.9 Å². The minimum absolute atomic E-state index is 0.404. The fourth-order valence-electron chi connectivity index (χ4n) is 1.08. The van der Waals surface area contributed by atoms with E-state index in [-0.39, 0.29) is 0 Å². The van der Waals surface area contributed by atoms with Gasteiger partial charge in [-0.1, -0.05) is 0 Å². The molecule has 1 heterocycles. The lowest BCUT2D eigenvalue weighted by atomic mass is 10.3. The van der Waals surface area contributed by atoms with Crippen molar-refractivity contribution >= 4 is 11.8 Å². The largest absolute Gasteiger partial charge is 0.378 e. The Bertz CT molecular complexity index is 87.3. The molecular formula is C8H16OS. The van der Waals surface area contributed by atoms with E-state index in [9.17, 15) is 0 Å². The SMILES string of the molecule is CC(C)OCC1CCCS1. The van der Waals surface area contributed by atoms with E-state index in [4.69, 9.17) is 4.74 Å². The van der Waals surface area contributed by atoms with Crippen LogP contribution in [-0.2, 0) is 4.74 Å². The summed E-state index contributed by atoms with van der Waals surface area (Å²) >= 11 is 2.06. The standard InChI is InChI=1S/C8H16OS/c1-7(2)9-6-8-4-3-5-10-8/h7-8H,3-6H2,1-2H3. The van der Waals surface area contributed by atoms with Crippen LogP contribution in [-0.4, -0.2) is 23.7 Å². The summed E-state index contributed by atoms with van der Waals surface area (Å²) in [5.41, 5.74) is 0. The molecule has 1 nitrogen and oxygen atoms in total. The molecule has 0 aromatic rings. The highest BCUT2D eigenvalue weighted by Gasteiger charge is 2.15. The Morgan fingerprint density at radius 1 is 1.60 bits per heavy atom. The number of ether oxygens (including phenoxy) is 1. The highest BCUT2D eigenvalue weighted by molar-refractivity contribution is 8.00. The van der Waals surface area contributed by atoms with E-state index in [1.807, 2.05) is 0 Å². The van der Waals surface area contributed by atoms with Crippen LogP contribution in [0, 0.1) is 0 Å². The zero-order valence-corrected chi connectivity index (χ0v) is 7.62. The van der Waals surface area contributed by atoms with E-state index in [1.54, 1.807) is 0 Å². The van der Waals surface area contributed by atoms with Gasteiger partial charge >= 0.3 is 0 Å². The second kappa shape index (κ2) is 4.24. The van der Waals surface area contributed by atoms with Gasteiger partial charge in [-0.05, 0) is 32.4 Å². The van der Waals surface area contributed by atoms with Gasteiger partial charge in [-0.3, -0.25) is 0 Å². The first-order valence-corrected chi connectivity index (χ1v) is 5.07. The van der Waals surface area contributed by atoms with E-state index >= 15 is 0 Å². The summed E-state index contributed by atoms with van der Waals surface area (Å²) in [5.74, 6) is 1.34. The molecule has 1 fully saturated rings. The molecule has 0 aromatic carbocycles. The molecule has 0 bridgehead atoms. The first kappa shape index (κ1) is 8.41. The Morgan fingerprint density at radius 3 is 2.90 bits per heavy atom. The van der Waals surface area contributed by atoms with E-state index < -0.39 is 0 Å². The zero-order chi connectivity index (χ0) is 7.40. The molecule has 2 heteroatoms. The van der Waals surface area contributed by atoms with Gasteiger partial charge in [0.1, 0.15) is 0 Å². The van der Waals surface area contributed by atoms with Gasteiger partial charge in [0, 0.05) is 5.25 Å². The molecule has 0 saturated carbocycles. The van der Waals surface area contributed by atoms with Crippen LogP contribution in [0.2, 0.25) is 0 Å². The van der Waals surface area contributed by atoms with Crippen molar-refractivity contribution in [2.45, 2.75) is 38.0 Å². The summed E-state index contributed by atoms with van der Waals surface area (Å²) < 4.78 is 5.50. The van der Waals surface area contributed by atoms with Crippen molar-refractivity contribution < 1.29 is 4.74 Å². The van der Waals surface area contributed by atoms with Crippen molar-refractivity contribution in [1.82, 2.24) is 0 Å². The molecule has 1 aliphatic heterocycles. The fraction of sp³-hybridized carbons (Fsp3) is 1.00. The highest BCUT2D eigenvalue weighted by Crippen LogP contribution is 2.26. The molecule has 1 aliphatic rings. The van der Waals surface area contributed by atoms with Gasteiger partial charge in [0.15, 0.2) is 0 Å². The van der Waals surface area contributed by atoms with E-state index in [2.05, 4.69) is 25.6 Å². The molecule has 0 aromatic heterocycles. The lowest BCUT2D eigenvalue weighted by molar-refractivity contribution is 0.0796. The van der Waals surface area contributed by atoms with Gasteiger partial charge in [0.25, 0.3) is 0 Å². The lowest BCUT2D eigenvalue weighted by Gasteiger charge is -2.11. The minimum Gasteiger partial charge on any atom is -0.378 e. The Hall–Kier alpha value is 0.310. The van der Waals surface area contributed by atoms with Crippen LogP contribution in [0.25, 0.3) is 0 Å². The molecule has 10 heavy (non-hydrogen) atoms. The van der Waals surface area contributed by atoms with Gasteiger partial charge in [-0.15, -0.1) is 0 Å². The minimum atomic E-state index is 0.404. The third-order valence-electron chi connectivity index (χ3n) is 1.64. The number of rotatable bonds is 3. The smallest absolute Gasteiger partial charge is 0.0588 e. The van der Waals surface area contributed by atoms with Gasteiger partial charge in [-0.25, -0.2) is 0 Å². The maximum Gasteiger partial charge on any atom is 0.0588 e. The molecule has 0 radical (unpaired) electrons. The molecule has 0 spiro atoms.